The number of hydrogen-bond donors (Lipinski definition) is 1. The van der Waals surface area contributed by atoms with Crippen LogP contribution in [0.25, 0.3) is 0 Å². The Morgan fingerprint density at radius 2 is 1.96 bits per heavy atom. The van der Waals surface area contributed by atoms with Crippen molar-refractivity contribution in [2.24, 2.45) is 0 Å². The Kier molecular flexibility index (Phi) is 5.34. The predicted octanol–water partition coefficient (Wildman–Crippen LogP) is 1.95. The van der Waals surface area contributed by atoms with Gasteiger partial charge in [-0.25, -0.2) is 4.98 Å². The maximum Gasteiger partial charge on any atom is 0.255 e. The minimum atomic E-state index is -0.219. The Bertz CT molecular complexity index is 819. The number of nitrogens with zero attached hydrogens (tertiary/aromatic N) is 3. The molecule has 1 aromatic carbocycles. The van der Waals surface area contributed by atoms with Crippen LogP contribution >= 0.6 is 0 Å². The van der Waals surface area contributed by atoms with Crippen molar-refractivity contribution in [3.63, 3.8) is 0 Å². The van der Waals surface area contributed by atoms with Crippen LogP contribution in [0, 0.1) is 0 Å². The molecule has 4 rings (SSSR count). The second-order valence-electron chi connectivity index (χ2n) is 7.31. The van der Waals surface area contributed by atoms with Gasteiger partial charge in [-0.05, 0) is 37.1 Å². The van der Waals surface area contributed by atoms with Gasteiger partial charge >= 0.3 is 0 Å². The topological polar surface area (TPSA) is 75.1 Å². The minimum absolute atomic E-state index is 0.101. The number of anilines is 1. The number of amides is 1. The summed E-state index contributed by atoms with van der Waals surface area (Å²) in [6.45, 7) is 2.40. The lowest BCUT2D eigenvalue weighted by atomic mass is 10.1. The first kappa shape index (κ1) is 18.6. The first-order chi connectivity index (χ1) is 13.6. The maximum absolute atomic E-state index is 12.7. The summed E-state index contributed by atoms with van der Waals surface area (Å²) in [5.74, 6) is 2.18. The van der Waals surface area contributed by atoms with Gasteiger partial charge in [0.2, 0.25) is 0 Å². The SMILES string of the molecule is CN(C[C@H]1COc2ccccc2O1)C(=O)c1ccc(N2CCC(O)CC2)nc1. The van der Waals surface area contributed by atoms with E-state index in [1.54, 1.807) is 24.2 Å². The van der Waals surface area contributed by atoms with Crippen LogP contribution in [0.2, 0.25) is 0 Å². The number of rotatable bonds is 4. The van der Waals surface area contributed by atoms with Crippen LogP contribution in [0.4, 0.5) is 5.82 Å². The van der Waals surface area contributed by atoms with Gasteiger partial charge in [0, 0.05) is 26.3 Å². The number of carbonyl (C=O) groups excluding carboxylic acids is 1. The highest BCUT2D eigenvalue weighted by Gasteiger charge is 2.24. The molecular weight excluding hydrogens is 358 g/mol. The summed E-state index contributed by atoms with van der Waals surface area (Å²) in [5.41, 5.74) is 0.542. The van der Waals surface area contributed by atoms with E-state index >= 15 is 0 Å². The van der Waals surface area contributed by atoms with Gasteiger partial charge in [0.05, 0.1) is 18.2 Å². The lowest BCUT2D eigenvalue weighted by Gasteiger charge is -2.31. The van der Waals surface area contributed by atoms with Gasteiger partial charge in [0.25, 0.3) is 5.91 Å². The lowest BCUT2D eigenvalue weighted by Crippen LogP contribution is -2.41. The smallest absolute Gasteiger partial charge is 0.255 e. The molecule has 1 atom stereocenters. The fraction of sp³-hybridized carbons (Fsp3) is 0.429. The van der Waals surface area contributed by atoms with Gasteiger partial charge in [-0.2, -0.15) is 0 Å². The number of hydrogen-bond acceptors (Lipinski definition) is 6. The quantitative estimate of drug-likeness (QED) is 0.870. The zero-order chi connectivity index (χ0) is 19.5. The van der Waals surface area contributed by atoms with Crippen molar-refractivity contribution in [2.45, 2.75) is 25.0 Å². The van der Waals surface area contributed by atoms with Gasteiger partial charge in [-0.3, -0.25) is 4.79 Å². The third kappa shape index (κ3) is 4.04. The average molecular weight is 383 g/mol. The van der Waals surface area contributed by atoms with E-state index < -0.39 is 0 Å². The first-order valence-corrected chi connectivity index (χ1v) is 9.63. The summed E-state index contributed by atoms with van der Waals surface area (Å²) in [6, 6.07) is 11.2. The molecule has 1 fully saturated rings. The van der Waals surface area contributed by atoms with E-state index in [0.29, 0.717) is 24.5 Å². The zero-order valence-electron chi connectivity index (χ0n) is 16.0. The van der Waals surface area contributed by atoms with Gasteiger partial charge in [-0.15, -0.1) is 0 Å². The fourth-order valence-electron chi connectivity index (χ4n) is 3.56. The average Bonchev–Trinajstić information content (AvgIpc) is 2.74. The van der Waals surface area contributed by atoms with E-state index in [4.69, 9.17) is 9.47 Å². The standard InChI is InChI=1S/C21H25N3O4/c1-23(13-17-14-27-18-4-2-3-5-19(18)28-17)21(26)15-6-7-20(22-12-15)24-10-8-16(25)9-11-24/h2-7,12,16-17,25H,8-11,13-14H2,1H3/t17-/m0/s1. The molecule has 0 unspecified atom stereocenters. The molecule has 3 heterocycles. The molecule has 7 heteroatoms. The molecule has 1 amide bonds. The van der Waals surface area contributed by atoms with Crippen molar-refractivity contribution in [3.8, 4) is 11.5 Å². The zero-order valence-corrected chi connectivity index (χ0v) is 16.0. The molecule has 28 heavy (non-hydrogen) atoms. The van der Waals surface area contributed by atoms with Crippen LogP contribution in [0.15, 0.2) is 42.6 Å². The van der Waals surface area contributed by atoms with E-state index in [1.165, 1.54) is 0 Å². The Balaban J connectivity index is 1.35. The third-order valence-corrected chi connectivity index (χ3v) is 5.18. The van der Waals surface area contributed by atoms with Crippen molar-refractivity contribution in [3.05, 3.63) is 48.2 Å². The number of benzene rings is 1. The molecule has 148 valence electrons. The maximum atomic E-state index is 12.7. The molecular formula is C21H25N3O4. The monoisotopic (exact) mass is 383 g/mol. The number of aromatic nitrogens is 1. The van der Waals surface area contributed by atoms with Crippen LogP contribution < -0.4 is 14.4 Å². The van der Waals surface area contributed by atoms with E-state index in [0.717, 1.165) is 37.5 Å². The van der Waals surface area contributed by atoms with Crippen LogP contribution in [-0.4, -0.2) is 66.4 Å². The van der Waals surface area contributed by atoms with E-state index in [-0.39, 0.29) is 18.1 Å². The molecule has 1 aromatic heterocycles. The summed E-state index contributed by atoms with van der Waals surface area (Å²) in [4.78, 5) is 21.0. The summed E-state index contributed by atoms with van der Waals surface area (Å²) in [6.07, 6.45) is 2.68. The number of aliphatic hydroxyl groups is 1. The highest BCUT2D eigenvalue weighted by Crippen LogP contribution is 2.31. The molecule has 2 aromatic rings. The van der Waals surface area contributed by atoms with Gasteiger partial charge in [-0.1, -0.05) is 12.1 Å². The number of likely N-dealkylation sites (N-methyl/N-ethyl adjacent to an activating group) is 1. The van der Waals surface area contributed by atoms with Crippen LogP contribution in [0.3, 0.4) is 0 Å². The normalized spacial score (nSPS) is 19.4. The number of fused-ring (bicyclic) bond motifs is 1. The van der Waals surface area contributed by atoms with Crippen LogP contribution in [0.5, 0.6) is 11.5 Å². The molecule has 1 N–H and O–H groups in total. The number of piperidine rings is 1. The van der Waals surface area contributed by atoms with Gasteiger partial charge < -0.3 is 24.4 Å². The molecule has 2 aliphatic heterocycles. The number of para-hydroxylation sites is 2. The highest BCUT2D eigenvalue weighted by molar-refractivity contribution is 5.94. The van der Waals surface area contributed by atoms with Crippen LogP contribution in [-0.2, 0) is 0 Å². The first-order valence-electron chi connectivity index (χ1n) is 9.63. The molecule has 0 spiro atoms. The second kappa shape index (κ2) is 8.06. The number of carbonyl (C=O) groups is 1. The lowest BCUT2D eigenvalue weighted by molar-refractivity contribution is 0.0520. The molecule has 0 radical (unpaired) electrons. The summed E-state index contributed by atoms with van der Waals surface area (Å²) >= 11 is 0. The van der Waals surface area contributed by atoms with Crippen LogP contribution in [0.1, 0.15) is 23.2 Å². The molecule has 2 aliphatic rings. The summed E-state index contributed by atoms with van der Waals surface area (Å²) in [7, 11) is 1.76. The molecule has 0 saturated carbocycles. The van der Waals surface area contributed by atoms with E-state index in [9.17, 15) is 9.90 Å². The largest absolute Gasteiger partial charge is 0.486 e. The highest BCUT2D eigenvalue weighted by atomic mass is 16.6. The molecule has 1 saturated heterocycles. The van der Waals surface area contributed by atoms with Crippen molar-refractivity contribution < 1.29 is 19.4 Å². The van der Waals surface area contributed by atoms with Gasteiger partial charge in [0.1, 0.15) is 12.4 Å². The van der Waals surface area contributed by atoms with Crippen molar-refractivity contribution in [1.29, 1.82) is 0 Å². The third-order valence-electron chi connectivity index (χ3n) is 5.18. The summed E-state index contributed by atoms with van der Waals surface area (Å²) in [5, 5.41) is 9.62. The molecule has 0 bridgehead atoms. The minimum Gasteiger partial charge on any atom is -0.486 e. The van der Waals surface area contributed by atoms with E-state index in [2.05, 4.69) is 9.88 Å². The molecule has 7 nitrogen and oxygen atoms in total. The fourth-order valence-corrected chi connectivity index (χ4v) is 3.56. The predicted molar refractivity (Wildman–Crippen MR) is 105 cm³/mol. The van der Waals surface area contributed by atoms with Crippen molar-refractivity contribution >= 4 is 11.7 Å². The Morgan fingerprint density at radius 3 is 2.68 bits per heavy atom. The van der Waals surface area contributed by atoms with E-state index in [1.807, 2.05) is 30.3 Å². The Morgan fingerprint density at radius 1 is 1.21 bits per heavy atom. The Hall–Kier alpha value is -2.80. The number of pyridine rings is 1. The van der Waals surface area contributed by atoms with Crippen molar-refractivity contribution in [2.75, 3.05) is 38.2 Å². The number of ether oxygens (including phenoxy) is 2. The van der Waals surface area contributed by atoms with Crippen molar-refractivity contribution in [1.82, 2.24) is 9.88 Å². The Labute approximate surface area is 164 Å². The number of aliphatic hydroxyl groups excluding tert-OH is 1. The second-order valence-corrected chi connectivity index (χ2v) is 7.31. The molecule has 0 aliphatic carbocycles. The van der Waals surface area contributed by atoms with Gasteiger partial charge in [0.15, 0.2) is 17.6 Å². The summed E-state index contributed by atoms with van der Waals surface area (Å²) < 4.78 is 11.6.